The summed E-state index contributed by atoms with van der Waals surface area (Å²) in [4.78, 5) is 10.6. The summed E-state index contributed by atoms with van der Waals surface area (Å²) in [5.74, 6) is 1.04. The molecule has 1 fully saturated rings. The van der Waals surface area contributed by atoms with E-state index in [1.165, 1.54) is 12.1 Å². The predicted octanol–water partition coefficient (Wildman–Crippen LogP) is 2.39. The van der Waals surface area contributed by atoms with E-state index >= 15 is 0 Å². The molecule has 1 atom stereocenters. The standard InChI is InChI=1S/C15H18ClFN6/c1-19-10-4-5-23(8-10)14-7-13(21-15(18)22-14)20-9-2-3-12(17)11(16)6-9/h2-3,6-7,10,19H,4-5,8H2,1H3,(H3,18,20,21,22)/t10-/m1/s1. The Bertz CT molecular complexity index is 710. The second-order valence-corrected chi connectivity index (χ2v) is 5.85. The van der Waals surface area contributed by atoms with Gasteiger partial charge in [-0.25, -0.2) is 4.39 Å². The zero-order valence-corrected chi connectivity index (χ0v) is 13.4. The first-order valence-electron chi connectivity index (χ1n) is 7.34. The van der Waals surface area contributed by atoms with Gasteiger partial charge in [0.2, 0.25) is 5.95 Å². The Balaban J connectivity index is 1.81. The monoisotopic (exact) mass is 336 g/mol. The van der Waals surface area contributed by atoms with Crippen molar-refractivity contribution in [2.75, 3.05) is 36.1 Å². The fraction of sp³-hybridized carbons (Fsp3) is 0.333. The Morgan fingerprint density at radius 3 is 2.87 bits per heavy atom. The zero-order chi connectivity index (χ0) is 16.4. The van der Waals surface area contributed by atoms with Crippen molar-refractivity contribution in [1.29, 1.82) is 0 Å². The number of nitrogens with one attached hydrogen (secondary N) is 2. The van der Waals surface area contributed by atoms with Crippen LogP contribution in [-0.2, 0) is 0 Å². The van der Waals surface area contributed by atoms with E-state index < -0.39 is 5.82 Å². The molecule has 0 bridgehead atoms. The minimum absolute atomic E-state index is 0.0497. The summed E-state index contributed by atoms with van der Waals surface area (Å²) in [5.41, 5.74) is 6.45. The molecule has 0 unspecified atom stereocenters. The molecule has 23 heavy (non-hydrogen) atoms. The third kappa shape index (κ3) is 3.62. The molecule has 4 N–H and O–H groups in total. The molecule has 1 aromatic heterocycles. The highest BCUT2D eigenvalue weighted by Gasteiger charge is 2.22. The molecule has 1 saturated heterocycles. The van der Waals surface area contributed by atoms with Gasteiger partial charge < -0.3 is 21.3 Å². The van der Waals surface area contributed by atoms with Gasteiger partial charge in [0.1, 0.15) is 17.5 Å². The van der Waals surface area contributed by atoms with Crippen LogP contribution >= 0.6 is 11.6 Å². The third-order valence-corrected chi connectivity index (χ3v) is 4.13. The van der Waals surface area contributed by atoms with Gasteiger partial charge in [-0.05, 0) is 31.7 Å². The number of rotatable bonds is 4. The van der Waals surface area contributed by atoms with Crippen molar-refractivity contribution < 1.29 is 4.39 Å². The van der Waals surface area contributed by atoms with Crippen LogP contribution in [0, 0.1) is 5.82 Å². The molecular formula is C15H18ClFN6. The molecule has 0 aliphatic carbocycles. The molecule has 2 heterocycles. The molecule has 2 aromatic rings. The molecule has 3 rings (SSSR count). The number of anilines is 4. The SMILES string of the molecule is CN[C@@H]1CCN(c2cc(Nc3ccc(F)c(Cl)c3)nc(N)n2)C1. The number of aromatic nitrogens is 2. The third-order valence-electron chi connectivity index (χ3n) is 3.84. The van der Waals surface area contributed by atoms with Gasteiger partial charge in [0.25, 0.3) is 0 Å². The smallest absolute Gasteiger partial charge is 0.223 e. The van der Waals surface area contributed by atoms with Gasteiger partial charge in [0, 0.05) is 30.9 Å². The molecule has 122 valence electrons. The van der Waals surface area contributed by atoms with E-state index in [0.29, 0.717) is 17.5 Å². The lowest BCUT2D eigenvalue weighted by atomic mass is 10.3. The Hall–Kier alpha value is -2.12. The van der Waals surface area contributed by atoms with Crippen LogP contribution in [0.1, 0.15) is 6.42 Å². The van der Waals surface area contributed by atoms with Crippen molar-refractivity contribution in [2.45, 2.75) is 12.5 Å². The van der Waals surface area contributed by atoms with E-state index in [0.717, 1.165) is 25.3 Å². The largest absolute Gasteiger partial charge is 0.368 e. The second-order valence-electron chi connectivity index (χ2n) is 5.44. The molecule has 1 aliphatic rings. The summed E-state index contributed by atoms with van der Waals surface area (Å²) >= 11 is 5.79. The average Bonchev–Trinajstić information content (AvgIpc) is 2.99. The zero-order valence-electron chi connectivity index (χ0n) is 12.7. The van der Waals surface area contributed by atoms with Crippen LogP contribution in [0.15, 0.2) is 24.3 Å². The van der Waals surface area contributed by atoms with Gasteiger partial charge in [0.15, 0.2) is 0 Å². The minimum atomic E-state index is -0.463. The molecule has 1 aliphatic heterocycles. The van der Waals surface area contributed by atoms with E-state index in [2.05, 4.69) is 25.5 Å². The van der Waals surface area contributed by atoms with Crippen LogP contribution in [0.4, 0.5) is 27.7 Å². The number of hydrogen-bond acceptors (Lipinski definition) is 6. The minimum Gasteiger partial charge on any atom is -0.368 e. The fourth-order valence-electron chi connectivity index (χ4n) is 2.60. The lowest BCUT2D eigenvalue weighted by Crippen LogP contribution is -2.30. The Labute approximate surface area is 138 Å². The van der Waals surface area contributed by atoms with Crippen molar-refractivity contribution in [1.82, 2.24) is 15.3 Å². The van der Waals surface area contributed by atoms with Crippen LogP contribution < -0.4 is 21.3 Å². The quantitative estimate of drug-likeness (QED) is 0.795. The molecule has 6 nitrogen and oxygen atoms in total. The van der Waals surface area contributed by atoms with Crippen molar-refractivity contribution >= 4 is 34.9 Å². The number of halogens is 2. The van der Waals surface area contributed by atoms with Crippen LogP contribution in [0.2, 0.25) is 5.02 Å². The van der Waals surface area contributed by atoms with Crippen molar-refractivity contribution in [3.63, 3.8) is 0 Å². The average molecular weight is 337 g/mol. The predicted molar refractivity (Wildman–Crippen MR) is 90.8 cm³/mol. The highest BCUT2D eigenvalue weighted by Crippen LogP contribution is 2.25. The Kier molecular flexibility index (Phi) is 4.49. The van der Waals surface area contributed by atoms with Crippen molar-refractivity contribution in [3.8, 4) is 0 Å². The van der Waals surface area contributed by atoms with Crippen LogP contribution in [0.25, 0.3) is 0 Å². The van der Waals surface area contributed by atoms with E-state index in [1.54, 1.807) is 6.07 Å². The number of nitrogen functional groups attached to an aromatic ring is 1. The molecule has 0 saturated carbocycles. The van der Waals surface area contributed by atoms with Gasteiger partial charge in [-0.3, -0.25) is 0 Å². The summed E-state index contributed by atoms with van der Waals surface area (Å²) in [7, 11) is 1.95. The first-order valence-corrected chi connectivity index (χ1v) is 7.72. The molecule has 0 amide bonds. The molecule has 1 aromatic carbocycles. The summed E-state index contributed by atoms with van der Waals surface area (Å²) in [5, 5.41) is 6.39. The lowest BCUT2D eigenvalue weighted by molar-refractivity contribution is 0.616. The number of nitrogens with two attached hydrogens (primary N) is 1. The highest BCUT2D eigenvalue weighted by atomic mass is 35.5. The maximum atomic E-state index is 13.2. The molecular weight excluding hydrogens is 319 g/mol. The van der Waals surface area contributed by atoms with Crippen molar-refractivity contribution in [3.05, 3.63) is 35.1 Å². The van der Waals surface area contributed by atoms with Gasteiger partial charge in [-0.2, -0.15) is 9.97 Å². The summed E-state index contributed by atoms with van der Waals surface area (Å²) in [6.07, 6.45) is 1.05. The van der Waals surface area contributed by atoms with Gasteiger partial charge >= 0.3 is 0 Å². The number of likely N-dealkylation sites (N-methyl/N-ethyl adjacent to an activating group) is 1. The Morgan fingerprint density at radius 2 is 2.17 bits per heavy atom. The van der Waals surface area contributed by atoms with Crippen LogP contribution in [0.3, 0.4) is 0 Å². The number of benzene rings is 1. The molecule has 8 heteroatoms. The number of nitrogens with zero attached hydrogens (tertiary/aromatic N) is 3. The van der Waals surface area contributed by atoms with Crippen molar-refractivity contribution in [2.24, 2.45) is 0 Å². The van der Waals surface area contributed by atoms with Gasteiger partial charge in [-0.1, -0.05) is 11.6 Å². The van der Waals surface area contributed by atoms with E-state index in [-0.39, 0.29) is 11.0 Å². The first kappa shape index (κ1) is 15.8. The maximum absolute atomic E-state index is 13.2. The van der Waals surface area contributed by atoms with Crippen LogP contribution in [0.5, 0.6) is 0 Å². The fourth-order valence-corrected chi connectivity index (χ4v) is 2.78. The normalized spacial score (nSPS) is 17.5. The summed E-state index contributed by atoms with van der Waals surface area (Å²) in [6, 6.07) is 6.66. The second kappa shape index (κ2) is 6.55. The first-order chi connectivity index (χ1) is 11.0. The highest BCUT2D eigenvalue weighted by molar-refractivity contribution is 6.31. The van der Waals surface area contributed by atoms with Crippen LogP contribution in [-0.4, -0.2) is 36.1 Å². The Morgan fingerprint density at radius 1 is 1.35 bits per heavy atom. The summed E-state index contributed by atoms with van der Waals surface area (Å²) < 4.78 is 13.2. The van der Waals surface area contributed by atoms with E-state index in [4.69, 9.17) is 17.3 Å². The van der Waals surface area contributed by atoms with Gasteiger partial charge in [-0.15, -0.1) is 0 Å². The summed E-state index contributed by atoms with van der Waals surface area (Å²) in [6.45, 7) is 1.78. The number of hydrogen-bond donors (Lipinski definition) is 3. The molecule has 0 radical (unpaired) electrons. The topological polar surface area (TPSA) is 79.1 Å². The maximum Gasteiger partial charge on any atom is 0.223 e. The lowest BCUT2D eigenvalue weighted by Gasteiger charge is -2.18. The van der Waals surface area contributed by atoms with E-state index in [9.17, 15) is 4.39 Å². The molecule has 0 spiro atoms. The van der Waals surface area contributed by atoms with Gasteiger partial charge in [0.05, 0.1) is 5.02 Å². The van der Waals surface area contributed by atoms with E-state index in [1.807, 2.05) is 13.1 Å².